The summed E-state index contributed by atoms with van der Waals surface area (Å²) < 4.78 is 32.2. The first-order chi connectivity index (χ1) is 7.67. The standard InChI is InChI=1S/C9H20O6P2/c1-16(10,11)14-7-8-5-3-4-6-9(8)15-17(2,12)13/h8-9H,3-7H2,1-2H3,(H,10,11)(H,12,13). The van der Waals surface area contributed by atoms with Gasteiger partial charge in [0.25, 0.3) is 0 Å². The van der Waals surface area contributed by atoms with Crippen LogP contribution in [0.1, 0.15) is 25.7 Å². The van der Waals surface area contributed by atoms with Crippen LogP contribution in [-0.2, 0) is 18.2 Å². The third kappa shape index (κ3) is 6.70. The van der Waals surface area contributed by atoms with E-state index in [2.05, 4.69) is 0 Å². The lowest BCUT2D eigenvalue weighted by atomic mass is 9.87. The molecule has 0 bridgehead atoms. The zero-order chi connectivity index (χ0) is 13.1. The highest BCUT2D eigenvalue weighted by molar-refractivity contribution is 7.52. The quantitative estimate of drug-likeness (QED) is 0.753. The largest absolute Gasteiger partial charge is 0.325 e. The van der Waals surface area contributed by atoms with Crippen LogP contribution in [0.25, 0.3) is 0 Å². The number of hydrogen-bond acceptors (Lipinski definition) is 4. The second-order valence-corrected chi connectivity index (χ2v) is 8.27. The third-order valence-corrected chi connectivity index (χ3v) is 3.99. The second kappa shape index (κ2) is 5.96. The Hall–Kier alpha value is 0.300. The van der Waals surface area contributed by atoms with Gasteiger partial charge in [0.15, 0.2) is 0 Å². The molecule has 1 aliphatic carbocycles. The van der Waals surface area contributed by atoms with E-state index in [9.17, 15) is 14.0 Å². The van der Waals surface area contributed by atoms with Crippen LogP contribution in [0.15, 0.2) is 0 Å². The molecule has 4 atom stereocenters. The summed E-state index contributed by atoms with van der Waals surface area (Å²) >= 11 is 0. The van der Waals surface area contributed by atoms with Crippen molar-refractivity contribution in [2.45, 2.75) is 31.8 Å². The minimum absolute atomic E-state index is 0.0922. The maximum Gasteiger partial charge on any atom is 0.325 e. The molecule has 1 fully saturated rings. The highest BCUT2D eigenvalue weighted by atomic mass is 31.2. The maximum absolute atomic E-state index is 11.2. The van der Waals surface area contributed by atoms with Crippen molar-refractivity contribution in [2.75, 3.05) is 19.9 Å². The fraction of sp³-hybridized carbons (Fsp3) is 1.00. The van der Waals surface area contributed by atoms with Gasteiger partial charge in [-0.15, -0.1) is 0 Å². The van der Waals surface area contributed by atoms with E-state index in [0.717, 1.165) is 32.6 Å². The van der Waals surface area contributed by atoms with E-state index >= 15 is 0 Å². The molecule has 102 valence electrons. The van der Waals surface area contributed by atoms with Crippen molar-refractivity contribution in [3.63, 3.8) is 0 Å². The lowest BCUT2D eigenvalue weighted by molar-refractivity contribution is 0.0513. The summed E-state index contributed by atoms with van der Waals surface area (Å²) in [7, 11) is -7.02. The molecule has 0 aliphatic heterocycles. The van der Waals surface area contributed by atoms with Gasteiger partial charge in [0, 0.05) is 19.2 Å². The number of hydrogen-bond donors (Lipinski definition) is 2. The van der Waals surface area contributed by atoms with Crippen molar-refractivity contribution in [3.8, 4) is 0 Å². The molecule has 0 saturated heterocycles. The van der Waals surface area contributed by atoms with E-state index in [0.29, 0.717) is 6.42 Å². The van der Waals surface area contributed by atoms with Crippen LogP contribution in [0, 0.1) is 5.92 Å². The van der Waals surface area contributed by atoms with E-state index in [1.165, 1.54) is 0 Å². The molecule has 0 spiro atoms. The van der Waals surface area contributed by atoms with Crippen LogP contribution >= 0.6 is 15.2 Å². The summed E-state index contributed by atoms with van der Waals surface area (Å²) in [5, 5.41) is 0. The zero-order valence-corrected chi connectivity index (χ0v) is 11.9. The molecule has 0 aromatic carbocycles. The SMILES string of the molecule is CP(=O)(O)OCC1CCCCC1OP(C)(=O)O. The second-order valence-electron chi connectivity index (χ2n) is 4.59. The van der Waals surface area contributed by atoms with Crippen molar-refractivity contribution in [2.24, 2.45) is 5.92 Å². The number of rotatable bonds is 5. The topological polar surface area (TPSA) is 93.1 Å². The lowest BCUT2D eigenvalue weighted by Gasteiger charge is -2.31. The highest BCUT2D eigenvalue weighted by Gasteiger charge is 2.31. The first-order valence-corrected chi connectivity index (χ1v) is 9.66. The van der Waals surface area contributed by atoms with Crippen molar-refractivity contribution in [1.29, 1.82) is 0 Å². The maximum atomic E-state index is 11.2. The average Bonchev–Trinajstić information content (AvgIpc) is 2.12. The fourth-order valence-electron chi connectivity index (χ4n) is 1.99. The normalized spacial score (nSPS) is 32.7. The average molecular weight is 286 g/mol. The molecule has 0 radical (unpaired) electrons. The van der Waals surface area contributed by atoms with Crippen molar-refractivity contribution in [3.05, 3.63) is 0 Å². The van der Waals surface area contributed by atoms with Gasteiger partial charge in [-0.1, -0.05) is 12.8 Å². The molecule has 1 rings (SSSR count). The molecular formula is C9H20O6P2. The van der Waals surface area contributed by atoms with Crippen LogP contribution in [0.4, 0.5) is 0 Å². The van der Waals surface area contributed by atoms with Gasteiger partial charge >= 0.3 is 15.2 Å². The molecule has 8 heteroatoms. The molecule has 2 N–H and O–H groups in total. The van der Waals surface area contributed by atoms with Gasteiger partial charge in [-0.05, 0) is 12.8 Å². The van der Waals surface area contributed by atoms with E-state index in [1.54, 1.807) is 0 Å². The van der Waals surface area contributed by atoms with E-state index < -0.39 is 15.2 Å². The lowest BCUT2D eigenvalue weighted by Crippen LogP contribution is -2.30. The first kappa shape index (κ1) is 15.4. The third-order valence-electron chi connectivity index (χ3n) is 2.70. The van der Waals surface area contributed by atoms with Gasteiger partial charge in [0.05, 0.1) is 12.7 Å². The summed E-state index contributed by atoms with van der Waals surface area (Å²) in [5.41, 5.74) is 0. The van der Waals surface area contributed by atoms with Crippen LogP contribution in [-0.4, -0.2) is 35.8 Å². The highest BCUT2D eigenvalue weighted by Crippen LogP contribution is 2.44. The Morgan fingerprint density at radius 1 is 1.12 bits per heavy atom. The van der Waals surface area contributed by atoms with E-state index in [4.69, 9.17) is 13.9 Å². The summed E-state index contributed by atoms with van der Waals surface area (Å²) in [6.07, 6.45) is 3.02. The fourth-order valence-corrected chi connectivity index (χ4v) is 3.24. The zero-order valence-electron chi connectivity index (χ0n) is 10.1. The molecule has 0 amide bonds. The van der Waals surface area contributed by atoms with Crippen molar-refractivity contribution < 1.29 is 28.0 Å². The molecule has 1 aliphatic rings. The molecular weight excluding hydrogens is 266 g/mol. The predicted octanol–water partition coefficient (Wildman–Crippen LogP) is 2.21. The molecule has 0 heterocycles. The Bertz CT molecular complexity index is 332. The molecule has 4 unspecified atom stereocenters. The minimum Gasteiger partial charge on any atom is -0.324 e. The summed E-state index contributed by atoms with van der Waals surface area (Å²) in [4.78, 5) is 18.3. The van der Waals surface area contributed by atoms with Gasteiger partial charge in [-0.2, -0.15) is 0 Å². The van der Waals surface area contributed by atoms with Crippen molar-refractivity contribution in [1.82, 2.24) is 0 Å². The Morgan fingerprint density at radius 2 is 1.71 bits per heavy atom. The van der Waals surface area contributed by atoms with Crippen LogP contribution in [0.2, 0.25) is 0 Å². The van der Waals surface area contributed by atoms with E-state index in [-0.39, 0.29) is 18.6 Å². The van der Waals surface area contributed by atoms with Gasteiger partial charge in [0.1, 0.15) is 0 Å². The van der Waals surface area contributed by atoms with Crippen LogP contribution in [0.3, 0.4) is 0 Å². The molecule has 6 nitrogen and oxygen atoms in total. The Morgan fingerprint density at radius 3 is 2.24 bits per heavy atom. The summed E-state index contributed by atoms with van der Waals surface area (Å²) in [6.45, 7) is 2.37. The Balaban J connectivity index is 2.54. The molecule has 17 heavy (non-hydrogen) atoms. The van der Waals surface area contributed by atoms with Crippen LogP contribution in [0.5, 0.6) is 0 Å². The van der Waals surface area contributed by atoms with Crippen LogP contribution < -0.4 is 0 Å². The first-order valence-electron chi connectivity index (χ1n) is 5.61. The summed E-state index contributed by atoms with van der Waals surface area (Å²) in [5.74, 6) is -0.0930. The molecule has 0 aromatic rings. The molecule has 1 saturated carbocycles. The van der Waals surface area contributed by atoms with Gasteiger partial charge in [-0.3, -0.25) is 9.13 Å². The minimum atomic E-state index is -3.52. The summed E-state index contributed by atoms with van der Waals surface area (Å²) in [6, 6.07) is 0. The Kier molecular flexibility index (Phi) is 5.39. The van der Waals surface area contributed by atoms with Gasteiger partial charge in [0.2, 0.25) is 0 Å². The monoisotopic (exact) mass is 286 g/mol. The van der Waals surface area contributed by atoms with Gasteiger partial charge < -0.3 is 18.8 Å². The Labute approximate surface area is 101 Å². The smallest absolute Gasteiger partial charge is 0.324 e. The molecule has 0 aromatic heterocycles. The van der Waals surface area contributed by atoms with Crippen molar-refractivity contribution >= 4 is 15.2 Å². The van der Waals surface area contributed by atoms with E-state index in [1.807, 2.05) is 0 Å². The van der Waals surface area contributed by atoms with Gasteiger partial charge in [-0.25, -0.2) is 0 Å². The predicted molar refractivity (Wildman–Crippen MR) is 64.3 cm³/mol.